The fourth-order valence-corrected chi connectivity index (χ4v) is 2.50. The van der Waals surface area contributed by atoms with Crippen LogP contribution in [0.2, 0.25) is 0 Å². The molecule has 120 valence electrons. The Labute approximate surface area is 135 Å². The zero-order chi connectivity index (χ0) is 17.4. The molecule has 0 amide bonds. The summed E-state index contributed by atoms with van der Waals surface area (Å²) in [5, 5.41) is 18.8. The number of nitriles is 1. The van der Waals surface area contributed by atoms with Gasteiger partial charge in [0, 0.05) is 22.8 Å². The Hall–Kier alpha value is -3.73. The van der Waals surface area contributed by atoms with Crippen molar-refractivity contribution in [2.45, 2.75) is 0 Å². The van der Waals surface area contributed by atoms with Gasteiger partial charge in [-0.15, -0.1) is 0 Å². The summed E-state index contributed by atoms with van der Waals surface area (Å²) in [6.45, 7) is 0. The number of carbonyl (C=O) groups is 2. The summed E-state index contributed by atoms with van der Waals surface area (Å²) in [7, 11) is 1.22. The van der Waals surface area contributed by atoms with Crippen LogP contribution in [0.15, 0.2) is 30.5 Å². The van der Waals surface area contributed by atoms with Crippen LogP contribution >= 0.6 is 0 Å². The molecule has 2 aromatic heterocycles. The van der Waals surface area contributed by atoms with Crippen LogP contribution in [0, 0.1) is 11.3 Å². The first-order chi connectivity index (χ1) is 11.5. The van der Waals surface area contributed by atoms with Crippen molar-refractivity contribution in [2.75, 3.05) is 12.8 Å². The molecule has 0 spiro atoms. The predicted octanol–water partition coefficient (Wildman–Crippen LogP) is 1.90. The lowest BCUT2D eigenvalue weighted by Gasteiger charge is -2.08. The summed E-state index contributed by atoms with van der Waals surface area (Å²) in [6, 6.07) is 8.45. The number of carbonyl (C=O) groups excluding carboxylic acids is 1. The van der Waals surface area contributed by atoms with Crippen LogP contribution in [0.5, 0.6) is 0 Å². The highest BCUT2D eigenvalue weighted by atomic mass is 16.5. The van der Waals surface area contributed by atoms with Crippen molar-refractivity contribution in [1.29, 1.82) is 5.26 Å². The number of ether oxygens (including phenoxy) is 1. The molecule has 0 bridgehead atoms. The van der Waals surface area contributed by atoms with Gasteiger partial charge in [0.05, 0.1) is 18.4 Å². The summed E-state index contributed by atoms with van der Waals surface area (Å²) in [4.78, 5) is 25.8. The Kier molecular flexibility index (Phi) is 3.46. The molecule has 0 unspecified atom stereocenters. The second-order valence-corrected chi connectivity index (χ2v) is 5.04. The smallest absolute Gasteiger partial charge is 0.357 e. The number of carboxylic acids is 1. The van der Waals surface area contributed by atoms with E-state index in [1.54, 1.807) is 18.2 Å². The Bertz CT molecular complexity index is 1020. The van der Waals surface area contributed by atoms with Gasteiger partial charge >= 0.3 is 11.9 Å². The average molecular weight is 324 g/mol. The minimum atomic E-state index is -1.07. The van der Waals surface area contributed by atoms with Crippen LogP contribution in [-0.2, 0) is 4.74 Å². The van der Waals surface area contributed by atoms with Crippen LogP contribution in [0.3, 0.4) is 0 Å². The van der Waals surface area contributed by atoms with E-state index < -0.39 is 11.9 Å². The maximum absolute atomic E-state index is 12.0. The van der Waals surface area contributed by atoms with Gasteiger partial charge in [0.15, 0.2) is 5.69 Å². The highest BCUT2D eigenvalue weighted by molar-refractivity contribution is 5.97. The quantitative estimate of drug-likeness (QED) is 0.630. The standard InChI is InChI=1S/C16H12N4O4/c1-24-16(23)14-13(18)9(6-17)7-20(14)10-2-3-11-8(4-10)5-12(19-11)15(21)22/h2-5,7,19H,18H2,1H3,(H,21,22). The molecule has 8 heteroatoms. The zero-order valence-electron chi connectivity index (χ0n) is 12.5. The monoisotopic (exact) mass is 324 g/mol. The number of esters is 1. The van der Waals surface area contributed by atoms with E-state index in [0.717, 1.165) is 0 Å². The molecule has 2 heterocycles. The topological polar surface area (TPSA) is 134 Å². The molecular weight excluding hydrogens is 312 g/mol. The lowest BCUT2D eigenvalue weighted by molar-refractivity contribution is 0.0592. The number of rotatable bonds is 3. The minimum Gasteiger partial charge on any atom is -0.477 e. The first-order valence-electron chi connectivity index (χ1n) is 6.82. The van der Waals surface area contributed by atoms with E-state index in [-0.39, 0.29) is 22.6 Å². The van der Waals surface area contributed by atoms with Crippen LogP contribution in [0.4, 0.5) is 5.69 Å². The molecule has 0 aliphatic carbocycles. The zero-order valence-corrected chi connectivity index (χ0v) is 12.5. The highest BCUT2D eigenvalue weighted by Crippen LogP contribution is 2.27. The van der Waals surface area contributed by atoms with E-state index >= 15 is 0 Å². The van der Waals surface area contributed by atoms with Crippen LogP contribution < -0.4 is 5.73 Å². The molecule has 0 saturated heterocycles. The van der Waals surface area contributed by atoms with Gasteiger partial charge in [-0.25, -0.2) is 9.59 Å². The van der Waals surface area contributed by atoms with Crippen LogP contribution in [0.25, 0.3) is 16.6 Å². The molecule has 24 heavy (non-hydrogen) atoms. The number of anilines is 1. The number of nitrogens with two attached hydrogens (primary N) is 1. The number of fused-ring (bicyclic) bond motifs is 1. The third kappa shape index (κ3) is 2.24. The molecule has 3 aromatic rings. The lowest BCUT2D eigenvalue weighted by Crippen LogP contribution is -2.11. The van der Waals surface area contributed by atoms with E-state index in [1.807, 2.05) is 6.07 Å². The van der Waals surface area contributed by atoms with Crippen molar-refractivity contribution in [1.82, 2.24) is 9.55 Å². The Morgan fingerprint density at radius 1 is 1.38 bits per heavy atom. The Morgan fingerprint density at radius 3 is 2.75 bits per heavy atom. The van der Waals surface area contributed by atoms with Crippen LogP contribution in [0.1, 0.15) is 26.5 Å². The van der Waals surface area contributed by atoms with Gasteiger partial charge in [-0.1, -0.05) is 0 Å². The molecular formula is C16H12N4O4. The van der Waals surface area contributed by atoms with Crippen molar-refractivity contribution in [2.24, 2.45) is 0 Å². The van der Waals surface area contributed by atoms with E-state index in [1.165, 1.54) is 23.9 Å². The molecule has 0 fully saturated rings. The predicted molar refractivity (Wildman–Crippen MR) is 85.1 cm³/mol. The number of aromatic amines is 1. The van der Waals surface area contributed by atoms with E-state index in [2.05, 4.69) is 4.98 Å². The number of carboxylic acid groups (broad SMARTS) is 1. The molecule has 0 saturated carbocycles. The molecule has 0 aliphatic rings. The van der Waals surface area contributed by atoms with Gasteiger partial charge in [-0.05, 0) is 24.3 Å². The van der Waals surface area contributed by atoms with Gasteiger partial charge in [-0.3, -0.25) is 0 Å². The minimum absolute atomic E-state index is 0.0322. The first kappa shape index (κ1) is 15.2. The van der Waals surface area contributed by atoms with E-state index in [4.69, 9.17) is 20.8 Å². The second-order valence-electron chi connectivity index (χ2n) is 5.04. The normalized spacial score (nSPS) is 10.5. The molecule has 1 aromatic carbocycles. The maximum atomic E-state index is 12.0. The number of aromatic nitrogens is 2. The summed E-state index contributed by atoms with van der Waals surface area (Å²) in [5.41, 5.74) is 7.32. The van der Waals surface area contributed by atoms with E-state index in [9.17, 15) is 9.59 Å². The van der Waals surface area contributed by atoms with Gasteiger partial charge in [-0.2, -0.15) is 5.26 Å². The first-order valence-corrected chi connectivity index (χ1v) is 6.82. The van der Waals surface area contributed by atoms with Gasteiger partial charge in [0.25, 0.3) is 0 Å². The van der Waals surface area contributed by atoms with Crippen molar-refractivity contribution in [3.63, 3.8) is 0 Å². The molecule has 0 radical (unpaired) electrons. The number of nitrogens with one attached hydrogen (secondary N) is 1. The van der Waals surface area contributed by atoms with Crippen molar-refractivity contribution >= 4 is 28.5 Å². The van der Waals surface area contributed by atoms with Gasteiger partial charge in [0.2, 0.25) is 0 Å². The Balaban J connectivity index is 2.22. The van der Waals surface area contributed by atoms with Crippen molar-refractivity contribution < 1.29 is 19.4 Å². The fraction of sp³-hybridized carbons (Fsp3) is 0.0625. The summed E-state index contributed by atoms with van der Waals surface area (Å²) in [5.74, 6) is -1.74. The van der Waals surface area contributed by atoms with E-state index in [0.29, 0.717) is 16.6 Å². The number of methoxy groups -OCH3 is 1. The third-order valence-electron chi connectivity index (χ3n) is 3.66. The number of H-pyrrole nitrogens is 1. The number of benzene rings is 1. The maximum Gasteiger partial charge on any atom is 0.357 e. The SMILES string of the molecule is COC(=O)c1c(N)c(C#N)cn1-c1ccc2[nH]c(C(=O)O)cc2c1. The molecule has 0 aliphatic heterocycles. The number of aromatic carboxylic acids is 1. The lowest BCUT2D eigenvalue weighted by atomic mass is 10.2. The summed E-state index contributed by atoms with van der Waals surface area (Å²) in [6.07, 6.45) is 1.44. The summed E-state index contributed by atoms with van der Waals surface area (Å²) >= 11 is 0. The average Bonchev–Trinajstić information content (AvgIpc) is 3.14. The third-order valence-corrected chi connectivity index (χ3v) is 3.66. The number of nitrogen functional groups attached to an aromatic ring is 1. The molecule has 0 atom stereocenters. The number of nitrogens with zero attached hydrogens (tertiary/aromatic N) is 2. The summed E-state index contributed by atoms with van der Waals surface area (Å²) < 4.78 is 6.18. The largest absolute Gasteiger partial charge is 0.477 e. The number of hydrogen-bond donors (Lipinski definition) is 3. The Morgan fingerprint density at radius 2 is 2.12 bits per heavy atom. The highest BCUT2D eigenvalue weighted by Gasteiger charge is 2.22. The van der Waals surface area contributed by atoms with Crippen molar-refractivity contribution in [3.05, 3.63) is 47.4 Å². The molecule has 8 nitrogen and oxygen atoms in total. The second kappa shape index (κ2) is 5.48. The van der Waals surface area contributed by atoms with Crippen LogP contribution in [-0.4, -0.2) is 33.7 Å². The molecule has 3 rings (SSSR count). The van der Waals surface area contributed by atoms with Gasteiger partial charge in [0.1, 0.15) is 11.8 Å². The van der Waals surface area contributed by atoms with Gasteiger partial charge < -0.3 is 25.1 Å². The molecule has 4 N–H and O–H groups in total. The fourth-order valence-electron chi connectivity index (χ4n) is 2.50. The number of hydrogen-bond acceptors (Lipinski definition) is 5. The van der Waals surface area contributed by atoms with Crippen molar-refractivity contribution in [3.8, 4) is 11.8 Å².